The van der Waals surface area contributed by atoms with Crippen LogP contribution in [0.1, 0.15) is 50.9 Å². The second-order valence-electron chi connectivity index (χ2n) is 7.51. The van der Waals surface area contributed by atoms with E-state index in [-0.39, 0.29) is 22.9 Å². The molecule has 0 bridgehead atoms. The predicted molar refractivity (Wildman–Crippen MR) is 106 cm³/mol. The quantitative estimate of drug-likeness (QED) is 0.283. The van der Waals surface area contributed by atoms with Crippen LogP contribution in [0.4, 0.5) is 16.2 Å². The largest absolute Gasteiger partial charge is 0.465 e. The number of nitro groups is 1. The summed E-state index contributed by atoms with van der Waals surface area (Å²) < 4.78 is 9.86. The second-order valence-corrected chi connectivity index (χ2v) is 7.51. The van der Waals surface area contributed by atoms with Crippen LogP contribution in [0.3, 0.4) is 0 Å². The van der Waals surface area contributed by atoms with Gasteiger partial charge in [0.15, 0.2) is 0 Å². The second kappa shape index (κ2) is 10.5. The highest BCUT2D eigenvalue weighted by Gasteiger charge is 2.22. The topological polar surface area (TPSA) is 120 Å². The third kappa shape index (κ3) is 7.81. The number of esters is 1. The van der Waals surface area contributed by atoms with Crippen LogP contribution in [-0.2, 0) is 9.47 Å². The number of alkyl carbamates (subject to hydrolysis) is 1. The van der Waals surface area contributed by atoms with Crippen LogP contribution < -0.4 is 10.6 Å². The molecule has 0 aliphatic rings. The van der Waals surface area contributed by atoms with Crippen LogP contribution in [0, 0.1) is 16.0 Å². The summed E-state index contributed by atoms with van der Waals surface area (Å²) in [7, 11) is 1.23. The van der Waals surface area contributed by atoms with E-state index >= 15 is 0 Å². The van der Waals surface area contributed by atoms with Crippen molar-refractivity contribution in [3.8, 4) is 0 Å². The van der Waals surface area contributed by atoms with Gasteiger partial charge in [0.2, 0.25) is 0 Å². The molecule has 0 saturated heterocycles. The molecule has 0 heterocycles. The number of methoxy groups -OCH3 is 1. The van der Waals surface area contributed by atoms with Crippen molar-refractivity contribution in [1.82, 2.24) is 5.32 Å². The average Bonchev–Trinajstić information content (AvgIpc) is 2.61. The molecule has 1 aromatic carbocycles. The van der Waals surface area contributed by atoms with Gasteiger partial charge in [0.05, 0.1) is 17.6 Å². The highest BCUT2D eigenvalue weighted by molar-refractivity contribution is 5.98. The summed E-state index contributed by atoms with van der Waals surface area (Å²) >= 11 is 0. The van der Waals surface area contributed by atoms with Crippen molar-refractivity contribution in [1.29, 1.82) is 0 Å². The monoisotopic (exact) mass is 395 g/mol. The number of ether oxygens (including phenoxy) is 2. The third-order valence-electron chi connectivity index (χ3n) is 3.81. The zero-order chi connectivity index (χ0) is 21.3. The fraction of sp³-hybridized carbons (Fsp3) is 0.579. The molecule has 1 atom stereocenters. The Balaban J connectivity index is 2.56. The maximum absolute atomic E-state index is 11.9. The number of nitrogens with one attached hydrogen (secondary N) is 2. The fourth-order valence-electron chi connectivity index (χ4n) is 2.49. The van der Waals surface area contributed by atoms with Gasteiger partial charge in [0.25, 0.3) is 5.69 Å². The smallest absolute Gasteiger partial charge is 0.407 e. The fourth-order valence-corrected chi connectivity index (χ4v) is 2.49. The van der Waals surface area contributed by atoms with Crippen molar-refractivity contribution >= 4 is 23.4 Å². The van der Waals surface area contributed by atoms with Gasteiger partial charge in [-0.1, -0.05) is 13.0 Å². The number of benzene rings is 1. The first-order valence-corrected chi connectivity index (χ1v) is 9.11. The van der Waals surface area contributed by atoms with E-state index in [0.717, 1.165) is 12.8 Å². The summed E-state index contributed by atoms with van der Waals surface area (Å²) in [5.41, 5.74) is -0.446. The minimum atomic E-state index is -0.639. The standard InChI is InChI=1S/C19H29N3O6/c1-13(8-7-11-20-18(24)28-19(2,3)4)12-21-16-14(17(23)27-5)9-6-10-15(16)22(25)26/h6,9-10,13,21H,7-8,11-12H2,1-5H3,(H,20,24). The number of carbonyl (C=O) groups excluding carboxylic acids is 2. The van der Waals surface area contributed by atoms with Crippen LogP contribution >= 0.6 is 0 Å². The maximum atomic E-state index is 11.9. The molecule has 0 aliphatic carbocycles. The normalized spacial score (nSPS) is 12.0. The van der Waals surface area contributed by atoms with E-state index in [1.54, 1.807) is 20.8 Å². The summed E-state index contributed by atoms with van der Waals surface area (Å²) in [5, 5.41) is 17.0. The lowest BCUT2D eigenvalue weighted by Crippen LogP contribution is -2.33. The Bertz CT molecular complexity index is 699. The highest BCUT2D eigenvalue weighted by Crippen LogP contribution is 2.29. The molecule has 0 aliphatic heterocycles. The predicted octanol–water partition coefficient (Wildman–Crippen LogP) is 3.73. The molecule has 1 aromatic rings. The van der Waals surface area contributed by atoms with E-state index in [0.29, 0.717) is 13.1 Å². The zero-order valence-corrected chi connectivity index (χ0v) is 17.0. The molecule has 9 nitrogen and oxygen atoms in total. The molecular formula is C19H29N3O6. The summed E-state index contributed by atoms with van der Waals surface area (Å²) in [6.07, 6.45) is 1.04. The highest BCUT2D eigenvalue weighted by atomic mass is 16.6. The van der Waals surface area contributed by atoms with Gasteiger partial charge in [-0.25, -0.2) is 9.59 Å². The first kappa shape index (κ1) is 23.2. The molecule has 0 fully saturated rings. The summed E-state index contributed by atoms with van der Waals surface area (Å²) in [5.74, 6) is -0.480. The van der Waals surface area contributed by atoms with Gasteiger partial charge in [-0.3, -0.25) is 10.1 Å². The molecule has 0 spiro atoms. The van der Waals surface area contributed by atoms with Crippen molar-refractivity contribution in [2.75, 3.05) is 25.5 Å². The molecule has 0 saturated carbocycles. The summed E-state index contributed by atoms with van der Waals surface area (Å²) in [6.45, 7) is 8.27. The Hall–Kier alpha value is -2.84. The molecule has 1 unspecified atom stereocenters. The van der Waals surface area contributed by atoms with E-state index in [4.69, 9.17) is 9.47 Å². The molecule has 9 heteroatoms. The Labute approximate surface area is 164 Å². The molecule has 0 aromatic heterocycles. The number of hydrogen-bond donors (Lipinski definition) is 2. The first-order valence-electron chi connectivity index (χ1n) is 9.11. The van der Waals surface area contributed by atoms with Gasteiger partial charge >= 0.3 is 12.1 Å². The lowest BCUT2D eigenvalue weighted by Gasteiger charge is -2.20. The number of rotatable bonds is 9. The van der Waals surface area contributed by atoms with Gasteiger partial charge in [-0.05, 0) is 45.6 Å². The van der Waals surface area contributed by atoms with Crippen molar-refractivity contribution < 1.29 is 24.0 Å². The number of nitro benzene ring substituents is 1. The van der Waals surface area contributed by atoms with Crippen molar-refractivity contribution in [3.63, 3.8) is 0 Å². The van der Waals surface area contributed by atoms with Crippen LogP contribution in [0.5, 0.6) is 0 Å². The number of para-hydroxylation sites is 1. The first-order chi connectivity index (χ1) is 13.0. The number of anilines is 1. The lowest BCUT2D eigenvalue weighted by atomic mass is 10.0. The maximum Gasteiger partial charge on any atom is 0.407 e. The van der Waals surface area contributed by atoms with Gasteiger partial charge in [-0.2, -0.15) is 0 Å². The third-order valence-corrected chi connectivity index (χ3v) is 3.81. The van der Waals surface area contributed by atoms with Crippen molar-refractivity contribution in [2.45, 2.75) is 46.1 Å². The molecule has 156 valence electrons. The molecule has 1 amide bonds. The number of nitrogens with zero attached hydrogens (tertiary/aromatic N) is 1. The van der Waals surface area contributed by atoms with E-state index in [1.807, 2.05) is 6.92 Å². The molecular weight excluding hydrogens is 366 g/mol. The number of hydrogen-bond acceptors (Lipinski definition) is 7. The van der Waals surface area contributed by atoms with E-state index in [2.05, 4.69) is 10.6 Å². The van der Waals surface area contributed by atoms with Gasteiger partial charge < -0.3 is 20.1 Å². The summed E-state index contributed by atoms with van der Waals surface area (Å²) in [6, 6.07) is 4.27. The minimum absolute atomic E-state index is 0.121. The Morgan fingerprint density at radius 3 is 2.54 bits per heavy atom. The van der Waals surface area contributed by atoms with E-state index in [9.17, 15) is 19.7 Å². The number of carbonyl (C=O) groups is 2. The van der Waals surface area contributed by atoms with Crippen LogP contribution in [-0.4, -0.2) is 42.8 Å². The minimum Gasteiger partial charge on any atom is -0.465 e. The van der Waals surface area contributed by atoms with E-state index in [1.165, 1.54) is 25.3 Å². The van der Waals surface area contributed by atoms with Gasteiger partial charge in [0, 0.05) is 19.2 Å². The van der Waals surface area contributed by atoms with Crippen molar-refractivity contribution in [2.24, 2.45) is 5.92 Å². The van der Waals surface area contributed by atoms with E-state index < -0.39 is 22.6 Å². The van der Waals surface area contributed by atoms with Crippen LogP contribution in [0.15, 0.2) is 18.2 Å². The Morgan fingerprint density at radius 2 is 1.96 bits per heavy atom. The van der Waals surface area contributed by atoms with Crippen LogP contribution in [0.25, 0.3) is 0 Å². The molecule has 1 rings (SSSR count). The molecule has 0 radical (unpaired) electrons. The van der Waals surface area contributed by atoms with Crippen LogP contribution in [0.2, 0.25) is 0 Å². The van der Waals surface area contributed by atoms with Gasteiger partial charge in [-0.15, -0.1) is 0 Å². The zero-order valence-electron chi connectivity index (χ0n) is 17.0. The van der Waals surface area contributed by atoms with Gasteiger partial charge in [0.1, 0.15) is 11.3 Å². The Morgan fingerprint density at radius 1 is 1.29 bits per heavy atom. The molecule has 2 N–H and O–H groups in total. The molecule has 28 heavy (non-hydrogen) atoms. The number of amides is 1. The van der Waals surface area contributed by atoms with Crippen molar-refractivity contribution in [3.05, 3.63) is 33.9 Å². The lowest BCUT2D eigenvalue weighted by molar-refractivity contribution is -0.384. The average molecular weight is 395 g/mol. The Kier molecular flexibility index (Phi) is 8.69. The summed E-state index contributed by atoms with van der Waals surface area (Å²) in [4.78, 5) is 34.2. The SMILES string of the molecule is COC(=O)c1cccc([N+](=O)[O-])c1NCC(C)CCCNC(=O)OC(C)(C)C.